The number of rotatable bonds is 5. The van der Waals surface area contributed by atoms with Crippen LogP contribution < -0.4 is 20.8 Å². The van der Waals surface area contributed by atoms with E-state index in [-0.39, 0.29) is 11.8 Å². The number of nitrogens with one attached hydrogen (secondary N) is 3. The predicted molar refractivity (Wildman–Crippen MR) is 108 cm³/mol. The van der Waals surface area contributed by atoms with Crippen LogP contribution in [0, 0.1) is 5.82 Å². The molecule has 0 saturated heterocycles. The first kappa shape index (κ1) is 18.3. The van der Waals surface area contributed by atoms with E-state index in [2.05, 4.69) is 26.0 Å². The van der Waals surface area contributed by atoms with E-state index in [0.29, 0.717) is 16.5 Å². The third-order valence-electron chi connectivity index (χ3n) is 4.24. The molecule has 0 unspecified atom stereocenters. The molecule has 2 aromatic carbocycles. The van der Waals surface area contributed by atoms with Gasteiger partial charge in [-0.05, 0) is 35.9 Å². The molecule has 0 aliphatic carbocycles. The van der Waals surface area contributed by atoms with Crippen molar-refractivity contribution in [3.63, 3.8) is 0 Å². The number of fused-ring (bicyclic) bond motifs is 1. The number of methoxy groups -OCH3 is 1. The lowest BCUT2D eigenvalue weighted by Gasteiger charge is -2.11. The van der Waals surface area contributed by atoms with E-state index in [1.807, 2.05) is 30.3 Å². The molecule has 0 fully saturated rings. The highest BCUT2D eigenvalue weighted by Crippen LogP contribution is 2.30. The van der Waals surface area contributed by atoms with E-state index in [1.165, 1.54) is 12.7 Å². The van der Waals surface area contributed by atoms with E-state index in [1.54, 1.807) is 18.2 Å². The lowest BCUT2D eigenvalue weighted by molar-refractivity contribution is 0.415. The fourth-order valence-corrected chi connectivity index (χ4v) is 3.18. The summed E-state index contributed by atoms with van der Waals surface area (Å²) in [4.78, 5) is 8.25. The molecule has 144 valence electrons. The van der Waals surface area contributed by atoms with Gasteiger partial charge in [-0.2, -0.15) is 4.98 Å². The number of halogens is 2. The van der Waals surface area contributed by atoms with Crippen LogP contribution in [0.2, 0.25) is 5.02 Å². The van der Waals surface area contributed by atoms with E-state index < -0.39 is 5.82 Å². The molecule has 0 saturated carbocycles. The number of anilines is 5. The number of nitrogens with zero attached hydrogens (tertiary/aromatic N) is 3. The summed E-state index contributed by atoms with van der Waals surface area (Å²) in [5.41, 5.74) is 6.84. The SMILES string of the molecule is COc1ccc(Nc2nc(Nc3ccc4c(c3)NN(C)C4)ncc2F)cc1Cl. The Morgan fingerprint density at radius 1 is 1.18 bits per heavy atom. The largest absolute Gasteiger partial charge is 0.495 e. The second kappa shape index (κ2) is 7.49. The van der Waals surface area contributed by atoms with Crippen LogP contribution in [-0.4, -0.2) is 29.1 Å². The zero-order valence-corrected chi connectivity index (χ0v) is 16.0. The Morgan fingerprint density at radius 3 is 2.75 bits per heavy atom. The second-order valence-electron chi connectivity index (χ2n) is 6.33. The molecule has 4 rings (SSSR count). The minimum Gasteiger partial charge on any atom is -0.495 e. The molecular weight excluding hydrogens is 383 g/mol. The molecule has 0 spiro atoms. The smallest absolute Gasteiger partial charge is 0.229 e. The number of ether oxygens (including phenoxy) is 1. The van der Waals surface area contributed by atoms with Crippen molar-refractivity contribution in [2.75, 3.05) is 30.2 Å². The molecule has 0 radical (unpaired) electrons. The molecule has 1 aliphatic heterocycles. The van der Waals surface area contributed by atoms with Crippen LogP contribution in [0.1, 0.15) is 5.56 Å². The van der Waals surface area contributed by atoms with Crippen molar-refractivity contribution in [1.82, 2.24) is 15.0 Å². The second-order valence-corrected chi connectivity index (χ2v) is 6.74. The van der Waals surface area contributed by atoms with E-state index >= 15 is 0 Å². The van der Waals surface area contributed by atoms with Crippen molar-refractivity contribution in [3.05, 3.63) is 59.0 Å². The van der Waals surface area contributed by atoms with Gasteiger partial charge in [-0.1, -0.05) is 17.7 Å². The minimum atomic E-state index is -0.574. The van der Waals surface area contributed by atoms with Gasteiger partial charge in [0.1, 0.15) is 5.75 Å². The Labute approximate surface area is 166 Å². The van der Waals surface area contributed by atoms with Crippen LogP contribution in [0.5, 0.6) is 5.75 Å². The molecular formula is C19H18ClFN6O. The number of hydrogen-bond donors (Lipinski definition) is 3. The van der Waals surface area contributed by atoms with Crippen LogP contribution in [0.4, 0.5) is 33.2 Å². The summed E-state index contributed by atoms with van der Waals surface area (Å²) in [6, 6.07) is 11.0. The lowest BCUT2D eigenvalue weighted by atomic mass is 10.2. The summed E-state index contributed by atoms with van der Waals surface area (Å²) in [6.07, 6.45) is 1.11. The first-order chi connectivity index (χ1) is 13.5. The number of hydrogen-bond acceptors (Lipinski definition) is 7. The van der Waals surface area contributed by atoms with Crippen molar-refractivity contribution in [2.24, 2.45) is 0 Å². The Kier molecular flexibility index (Phi) is 4.89. The number of aromatic nitrogens is 2. The number of hydrazine groups is 1. The molecule has 1 aliphatic rings. The van der Waals surface area contributed by atoms with Gasteiger partial charge in [0, 0.05) is 25.0 Å². The molecule has 0 amide bonds. The van der Waals surface area contributed by atoms with E-state index in [9.17, 15) is 4.39 Å². The standard InChI is InChI=1S/C19H18ClFN6O/c1-27-10-11-3-4-13(8-16(11)26-27)24-19-22-9-15(21)18(25-19)23-12-5-6-17(28-2)14(20)7-12/h3-9,26H,10H2,1-2H3,(H2,22,23,24,25). The maximum Gasteiger partial charge on any atom is 0.229 e. The average Bonchev–Trinajstić information content (AvgIpc) is 3.04. The minimum absolute atomic E-state index is 0.0396. The molecule has 2 heterocycles. The molecule has 9 heteroatoms. The Bertz CT molecular complexity index is 1030. The maximum absolute atomic E-state index is 14.2. The Hall–Kier alpha value is -3.10. The van der Waals surface area contributed by atoms with Gasteiger partial charge in [-0.25, -0.2) is 14.4 Å². The highest BCUT2D eigenvalue weighted by Gasteiger charge is 2.15. The third-order valence-corrected chi connectivity index (χ3v) is 4.54. The maximum atomic E-state index is 14.2. The van der Waals surface area contributed by atoms with E-state index in [0.717, 1.165) is 24.1 Å². The Morgan fingerprint density at radius 2 is 1.96 bits per heavy atom. The fourth-order valence-electron chi connectivity index (χ4n) is 2.92. The van der Waals surface area contributed by atoms with Crippen LogP contribution in [0.25, 0.3) is 0 Å². The van der Waals surface area contributed by atoms with Crippen molar-refractivity contribution in [1.29, 1.82) is 0 Å². The normalized spacial score (nSPS) is 13.0. The lowest BCUT2D eigenvalue weighted by Crippen LogP contribution is -2.16. The first-order valence-electron chi connectivity index (χ1n) is 8.52. The summed E-state index contributed by atoms with van der Waals surface area (Å²) < 4.78 is 19.3. The van der Waals surface area contributed by atoms with Gasteiger partial charge in [0.05, 0.1) is 24.0 Å². The molecule has 7 nitrogen and oxygen atoms in total. The summed E-state index contributed by atoms with van der Waals surface area (Å²) in [7, 11) is 3.50. The molecule has 0 atom stereocenters. The zero-order valence-electron chi connectivity index (χ0n) is 15.3. The topological polar surface area (TPSA) is 74.3 Å². The monoisotopic (exact) mass is 400 g/mol. The first-order valence-corrected chi connectivity index (χ1v) is 8.90. The zero-order chi connectivity index (χ0) is 19.7. The summed E-state index contributed by atoms with van der Waals surface area (Å²) in [5.74, 6) is 0.274. The highest BCUT2D eigenvalue weighted by molar-refractivity contribution is 6.32. The summed E-state index contributed by atoms with van der Waals surface area (Å²) in [5, 5.41) is 8.41. The van der Waals surface area contributed by atoms with Gasteiger partial charge in [0.25, 0.3) is 0 Å². The summed E-state index contributed by atoms with van der Waals surface area (Å²) >= 11 is 6.12. The third kappa shape index (κ3) is 3.78. The molecule has 28 heavy (non-hydrogen) atoms. The van der Waals surface area contributed by atoms with Gasteiger partial charge in [-0.3, -0.25) is 0 Å². The van der Waals surface area contributed by atoms with Gasteiger partial charge in [-0.15, -0.1) is 0 Å². The van der Waals surface area contributed by atoms with Crippen LogP contribution in [0.3, 0.4) is 0 Å². The van der Waals surface area contributed by atoms with Crippen molar-refractivity contribution in [2.45, 2.75) is 6.54 Å². The predicted octanol–water partition coefficient (Wildman–Crippen LogP) is 4.54. The highest BCUT2D eigenvalue weighted by atomic mass is 35.5. The van der Waals surface area contributed by atoms with Gasteiger partial charge < -0.3 is 20.8 Å². The van der Waals surface area contributed by atoms with Crippen LogP contribution in [0.15, 0.2) is 42.6 Å². The summed E-state index contributed by atoms with van der Waals surface area (Å²) in [6.45, 7) is 0.834. The van der Waals surface area contributed by atoms with Crippen molar-refractivity contribution >= 4 is 40.4 Å². The van der Waals surface area contributed by atoms with Crippen LogP contribution >= 0.6 is 11.6 Å². The van der Waals surface area contributed by atoms with Gasteiger partial charge >= 0.3 is 0 Å². The van der Waals surface area contributed by atoms with Crippen LogP contribution in [-0.2, 0) is 6.54 Å². The quantitative estimate of drug-likeness (QED) is 0.580. The Balaban J connectivity index is 1.54. The molecule has 0 bridgehead atoms. The van der Waals surface area contributed by atoms with Gasteiger partial charge in [0.2, 0.25) is 5.95 Å². The number of benzene rings is 2. The molecule has 1 aromatic heterocycles. The average molecular weight is 401 g/mol. The fraction of sp³-hybridized carbons (Fsp3) is 0.158. The molecule has 3 aromatic rings. The van der Waals surface area contributed by atoms with E-state index in [4.69, 9.17) is 16.3 Å². The van der Waals surface area contributed by atoms with Gasteiger partial charge in [0.15, 0.2) is 11.6 Å². The molecule has 3 N–H and O–H groups in total. The van der Waals surface area contributed by atoms with Crippen molar-refractivity contribution < 1.29 is 9.13 Å². The van der Waals surface area contributed by atoms with Crippen molar-refractivity contribution in [3.8, 4) is 5.75 Å².